The zero-order valence-corrected chi connectivity index (χ0v) is 16.4. The first-order valence-electron chi connectivity index (χ1n) is 9.75. The van der Waals surface area contributed by atoms with Gasteiger partial charge in [-0.2, -0.15) is 0 Å². The Morgan fingerprint density at radius 3 is 2.43 bits per heavy atom. The van der Waals surface area contributed by atoms with Gasteiger partial charge in [0, 0.05) is 0 Å². The van der Waals surface area contributed by atoms with Crippen LogP contribution in [0.4, 0.5) is 10.1 Å². The minimum absolute atomic E-state index is 0.167. The van der Waals surface area contributed by atoms with Crippen LogP contribution in [0.25, 0.3) is 11.1 Å². The third kappa shape index (κ3) is 3.14. The van der Waals surface area contributed by atoms with E-state index in [1.165, 1.54) is 6.07 Å². The number of fused-ring (bicyclic) bond motifs is 1. The van der Waals surface area contributed by atoms with Crippen molar-refractivity contribution in [3.8, 4) is 28.4 Å². The van der Waals surface area contributed by atoms with Crippen LogP contribution in [0.15, 0.2) is 60.7 Å². The fourth-order valence-electron chi connectivity index (χ4n) is 3.79. The van der Waals surface area contributed by atoms with Gasteiger partial charge in [0.2, 0.25) is 12.7 Å². The predicted molar refractivity (Wildman–Crippen MR) is 110 cm³/mol. The number of nitrogens with one attached hydrogen (secondary N) is 1. The maximum Gasteiger partial charge on any atom is 0.235 e. The molecule has 5 nitrogen and oxygen atoms in total. The third-order valence-corrected chi connectivity index (χ3v) is 5.75. The molecule has 2 aliphatic rings. The molecule has 1 N–H and O–H groups in total. The molecule has 0 saturated heterocycles. The lowest BCUT2D eigenvalue weighted by Crippen LogP contribution is -2.28. The summed E-state index contributed by atoms with van der Waals surface area (Å²) in [6.45, 7) is 0.182. The molecular weight excluding hydrogens is 385 g/mol. The first-order valence-corrected chi connectivity index (χ1v) is 9.75. The van der Waals surface area contributed by atoms with Gasteiger partial charge in [-0.1, -0.05) is 24.3 Å². The lowest BCUT2D eigenvalue weighted by atomic mass is 9.94. The van der Waals surface area contributed by atoms with Gasteiger partial charge in [0.15, 0.2) is 11.5 Å². The topological polar surface area (TPSA) is 56.8 Å². The highest BCUT2D eigenvalue weighted by atomic mass is 19.1. The number of hydrogen-bond acceptors (Lipinski definition) is 4. The number of ether oxygens (including phenoxy) is 3. The second-order valence-electron chi connectivity index (χ2n) is 7.53. The van der Waals surface area contributed by atoms with Crippen LogP contribution in [0, 0.1) is 5.82 Å². The van der Waals surface area contributed by atoms with E-state index in [0.717, 1.165) is 22.4 Å². The summed E-state index contributed by atoms with van der Waals surface area (Å²) >= 11 is 0. The molecule has 1 aliphatic carbocycles. The Hall–Kier alpha value is -3.54. The molecular formula is C24H20FNO4. The van der Waals surface area contributed by atoms with Crippen LogP contribution in [0.5, 0.6) is 17.2 Å². The molecule has 1 amide bonds. The molecule has 152 valence electrons. The number of benzene rings is 3. The predicted octanol–water partition coefficient (Wildman–Crippen LogP) is 4.90. The highest BCUT2D eigenvalue weighted by molar-refractivity contribution is 6.02. The molecule has 5 rings (SSSR count). The van der Waals surface area contributed by atoms with E-state index in [9.17, 15) is 9.18 Å². The molecule has 0 bridgehead atoms. The lowest BCUT2D eigenvalue weighted by molar-refractivity contribution is -0.118. The van der Waals surface area contributed by atoms with Crippen molar-refractivity contribution in [3.05, 3.63) is 72.0 Å². The second kappa shape index (κ2) is 7.06. The van der Waals surface area contributed by atoms with Crippen LogP contribution in [0.1, 0.15) is 18.4 Å². The van der Waals surface area contributed by atoms with E-state index >= 15 is 0 Å². The van der Waals surface area contributed by atoms with Crippen molar-refractivity contribution in [1.82, 2.24) is 0 Å². The minimum atomic E-state index is -0.663. The Labute approximate surface area is 173 Å². The highest BCUT2D eigenvalue weighted by Crippen LogP contribution is 2.51. The Balaban J connectivity index is 1.40. The average Bonchev–Trinajstić information content (AvgIpc) is 3.46. The average molecular weight is 405 g/mol. The molecule has 6 heteroatoms. The molecule has 3 aromatic rings. The number of rotatable bonds is 5. The van der Waals surface area contributed by atoms with Gasteiger partial charge in [0.05, 0.1) is 18.2 Å². The van der Waals surface area contributed by atoms with Gasteiger partial charge in [0.25, 0.3) is 0 Å². The van der Waals surface area contributed by atoms with Gasteiger partial charge in [-0.3, -0.25) is 4.79 Å². The second-order valence-corrected chi connectivity index (χ2v) is 7.53. The maximum absolute atomic E-state index is 14.5. The monoisotopic (exact) mass is 405 g/mol. The zero-order valence-electron chi connectivity index (χ0n) is 16.4. The standard InChI is InChI=1S/C24H20FNO4/c1-28-18-6-2-15(3-7-18)16-4-8-19(25)20(12-16)26-23(27)24(10-11-24)17-5-9-21-22(13-17)30-14-29-21/h2-9,12-13H,10-11,14H2,1H3,(H,26,27). The summed E-state index contributed by atoms with van der Waals surface area (Å²) in [6, 6.07) is 17.7. The molecule has 0 unspecified atom stereocenters. The fraction of sp³-hybridized carbons (Fsp3) is 0.208. The summed E-state index contributed by atoms with van der Waals surface area (Å²) in [5, 5.41) is 2.80. The van der Waals surface area contributed by atoms with Crippen molar-refractivity contribution in [3.63, 3.8) is 0 Å². The van der Waals surface area contributed by atoms with Gasteiger partial charge in [0.1, 0.15) is 11.6 Å². The molecule has 0 radical (unpaired) electrons. The van der Waals surface area contributed by atoms with E-state index in [0.29, 0.717) is 24.3 Å². The molecule has 1 fully saturated rings. The molecule has 0 atom stereocenters. The maximum atomic E-state index is 14.5. The number of hydrogen-bond donors (Lipinski definition) is 1. The van der Waals surface area contributed by atoms with Gasteiger partial charge in [-0.15, -0.1) is 0 Å². The van der Waals surface area contributed by atoms with E-state index in [1.54, 1.807) is 19.2 Å². The number of halogens is 1. The normalized spacial score (nSPS) is 15.5. The quantitative estimate of drug-likeness (QED) is 0.656. The van der Waals surface area contributed by atoms with Crippen molar-refractivity contribution < 1.29 is 23.4 Å². The number of amides is 1. The van der Waals surface area contributed by atoms with E-state index in [2.05, 4.69) is 5.32 Å². The van der Waals surface area contributed by atoms with Gasteiger partial charge in [-0.05, 0) is 65.9 Å². The summed E-state index contributed by atoms with van der Waals surface area (Å²) in [4.78, 5) is 13.1. The van der Waals surface area contributed by atoms with Crippen LogP contribution < -0.4 is 19.5 Å². The Morgan fingerprint density at radius 2 is 1.70 bits per heavy atom. The van der Waals surface area contributed by atoms with Gasteiger partial charge < -0.3 is 19.5 Å². The van der Waals surface area contributed by atoms with Crippen LogP contribution in [0.3, 0.4) is 0 Å². The Kier molecular flexibility index (Phi) is 4.35. The first-order chi connectivity index (χ1) is 14.6. The number of anilines is 1. The van der Waals surface area contributed by atoms with Gasteiger partial charge in [-0.25, -0.2) is 4.39 Å². The van der Waals surface area contributed by atoms with E-state index in [4.69, 9.17) is 14.2 Å². The molecule has 0 aromatic heterocycles. The Morgan fingerprint density at radius 1 is 0.967 bits per heavy atom. The molecule has 30 heavy (non-hydrogen) atoms. The number of carbonyl (C=O) groups excluding carboxylic acids is 1. The summed E-state index contributed by atoms with van der Waals surface area (Å²) in [6.07, 6.45) is 1.41. The van der Waals surface area contributed by atoms with Crippen LogP contribution in [-0.4, -0.2) is 19.8 Å². The third-order valence-electron chi connectivity index (χ3n) is 5.75. The van der Waals surface area contributed by atoms with E-state index < -0.39 is 11.2 Å². The van der Waals surface area contributed by atoms with E-state index in [1.807, 2.05) is 42.5 Å². The zero-order chi connectivity index (χ0) is 20.7. The van der Waals surface area contributed by atoms with Crippen LogP contribution in [-0.2, 0) is 10.2 Å². The van der Waals surface area contributed by atoms with E-state index in [-0.39, 0.29) is 18.4 Å². The highest BCUT2D eigenvalue weighted by Gasteiger charge is 2.51. The molecule has 3 aromatic carbocycles. The minimum Gasteiger partial charge on any atom is -0.497 e. The smallest absolute Gasteiger partial charge is 0.235 e. The van der Waals surface area contributed by atoms with Crippen molar-refractivity contribution >= 4 is 11.6 Å². The van der Waals surface area contributed by atoms with Crippen molar-refractivity contribution in [2.75, 3.05) is 19.2 Å². The first kappa shape index (κ1) is 18.5. The number of methoxy groups -OCH3 is 1. The molecule has 1 saturated carbocycles. The lowest BCUT2D eigenvalue weighted by Gasteiger charge is -2.17. The SMILES string of the molecule is COc1ccc(-c2ccc(F)c(NC(=O)C3(c4ccc5c(c4)OCO5)CC3)c2)cc1. The molecule has 1 aliphatic heterocycles. The Bertz CT molecular complexity index is 1120. The summed E-state index contributed by atoms with van der Waals surface area (Å²) in [5.74, 6) is 1.37. The number of carbonyl (C=O) groups is 1. The van der Waals surface area contributed by atoms with Crippen molar-refractivity contribution in [2.24, 2.45) is 0 Å². The molecule has 0 spiro atoms. The molecule has 1 heterocycles. The largest absolute Gasteiger partial charge is 0.497 e. The van der Waals surface area contributed by atoms with Crippen molar-refractivity contribution in [1.29, 1.82) is 0 Å². The fourth-order valence-corrected chi connectivity index (χ4v) is 3.79. The van der Waals surface area contributed by atoms with Crippen molar-refractivity contribution in [2.45, 2.75) is 18.3 Å². The summed E-state index contributed by atoms with van der Waals surface area (Å²) in [5.41, 5.74) is 2.07. The van der Waals surface area contributed by atoms with Crippen LogP contribution >= 0.6 is 0 Å². The van der Waals surface area contributed by atoms with Gasteiger partial charge >= 0.3 is 0 Å². The summed E-state index contributed by atoms with van der Waals surface area (Å²) in [7, 11) is 1.61. The summed E-state index contributed by atoms with van der Waals surface area (Å²) < 4.78 is 30.5. The van der Waals surface area contributed by atoms with Crippen LogP contribution in [0.2, 0.25) is 0 Å².